The summed E-state index contributed by atoms with van der Waals surface area (Å²) in [5.41, 5.74) is 8.68. The highest BCUT2D eigenvalue weighted by Gasteiger charge is 2.25. The van der Waals surface area contributed by atoms with Gasteiger partial charge in [0.2, 0.25) is 5.91 Å². The lowest BCUT2D eigenvalue weighted by Crippen LogP contribution is -2.22. The minimum atomic E-state index is -0.235. The molecule has 0 fully saturated rings. The first-order valence-electron chi connectivity index (χ1n) is 9.58. The molecule has 1 amide bonds. The maximum atomic E-state index is 11.6. The number of carbonyl (C=O) groups excluding carboxylic acids is 1. The number of nitrogens with one attached hydrogen (secondary N) is 2. The predicted molar refractivity (Wildman–Crippen MR) is 117 cm³/mol. The Morgan fingerprint density at radius 1 is 1.00 bits per heavy atom. The number of aromatic nitrogens is 1. The van der Waals surface area contributed by atoms with Gasteiger partial charge in [0.1, 0.15) is 17.7 Å². The Morgan fingerprint density at radius 3 is 2.17 bits per heavy atom. The van der Waals surface area contributed by atoms with Crippen molar-refractivity contribution in [3.05, 3.63) is 83.9 Å². The van der Waals surface area contributed by atoms with Crippen molar-refractivity contribution in [2.45, 2.75) is 25.5 Å². The number of ether oxygens (including phenoxy) is 1. The molecular formula is C23H26N4O2. The molecule has 3 aromatic rings. The molecule has 0 radical (unpaired) electrons. The quantitative estimate of drug-likeness (QED) is 0.525. The third kappa shape index (κ3) is 5.12. The number of methoxy groups -OCH3 is 1. The second kappa shape index (κ2) is 9.71. The molecule has 1 heterocycles. The number of hydrogen-bond acceptors (Lipinski definition) is 5. The molecule has 0 aliphatic heterocycles. The number of carbonyl (C=O) groups is 1. The lowest BCUT2D eigenvalue weighted by molar-refractivity contribution is -0.115. The number of pyridine rings is 1. The van der Waals surface area contributed by atoms with E-state index < -0.39 is 0 Å². The van der Waals surface area contributed by atoms with Crippen LogP contribution in [-0.4, -0.2) is 18.0 Å². The first-order chi connectivity index (χ1) is 14.1. The van der Waals surface area contributed by atoms with E-state index >= 15 is 0 Å². The number of amides is 1. The average molecular weight is 390 g/mol. The summed E-state index contributed by atoms with van der Waals surface area (Å²) in [5.74, 6) is 0.756. The van der Waals surface area contributed by atoms with Gasteiger partial charge in [-0.1, -0.05) is 67.6 Å². The van der Waals surface area contributed by atoms with Crippen LogP contribution in [0.2, 0.25) is 0 Å². The van der Waals surface area contributed by atoms with Gasteiger partial charge in [0.25, 0.3) is 0 Å². The Balaban J connectivity index is 1.91. The lowest BCUT2D eigenvalue weighted by Gasteiger charge is -2.28. The van der Waals surface area contributed by atoms with Crippen LogP contribution in [0, 0.1) is 0 Å². The number of anilines is 3. The van der Waals surface area contributed by atoms with Gasteiger partial charge in [0.05, 0.1) is 11.7 Å². The van der Waals surface area contributed by atoms with Crippen molar-refractivity contribution in [2.24, 2.45) is 0 Å². The minimum absolute atomic E-state index is 0.107. The van der Waals surface area contributed by atoms with E-state index in [1.54, 1.807) is 26.2 Å². The Kier molecular flexibility index (Phi) is 6.81. The molecule has 0 saturated carbocycles. The number of benzene rings is 2. The van der Waals surface area contributed by atoms with Crippen LogP contribution in [0.4, 0.5) is 17.3 Å². The van der Waals surface area contributed by atoms with E-state index in [0.717, 1.165) is 11.1 Å². The summed E-state index contributed by atoms with van der Waals surface area (Å²) < 4.78 is 5.87. The molecule has 0 bridgehead atoms. The van der Waals surface area contributed by atoms with Crippen molar-refractivity contribution < 1.29 is 9.53 Å². The zero-order valence-electron chi connectivity index (χ0n) is 16.6. The summed E-state index contributed by atoms with van der Waals surface area (Å²) in [4.78, 5) is 16.1. The van der Waals surface area contributed by atoms with E-state index in [9.17, 15) is 4.79 Å². The second-order valence-electron chi connectivity index (χ2n) is 6.63. The number of nitrogens with zero attached hydrogens (tertiary/aromatic N) is 1. The smallest absolute Gasteiger partial charge is 0.224 e. The molecule has 2 unspecified atom stereocenters. The molecule has 4 N–H and O–H groups in total. The summed E-state index contributed by atoms with van der Waals surface area (Å²) >= 11 is 0. The predicted octanol–water partition coefficient (Wildman–Crippen LogP) is 4.55. The fraction of sp³-hybridized carbons (Fsp3) is 0.217. The molecule has 0 aliphatic rings. The Labute approximate surface area is 171 Å². The van der Waals surface area contributed by atoms with Crippen LogP contribution >= 0.6 is 0 Å². The molecule has 0 saturated heterocycles. The maximum absolute atomic E-state index is 11.6. The SMILES string of the molecule is CCC(=O)Nc1ccc(NC(c2ccccc2)C(OC)c2ccccc2)nc1N. The van der Waals surface area contributed by atoms with Gasteiger partial charge < -0.3 is 21.1 Å². The molecule has 6 nitrogen and oxygen atoms in total. The molecule has 2 atom stereocenters. The standard InChI is InChI=1S/C23H26N4O2/c1-3-20(28)25-18-14-15-19(27-23(18)24)26-21(16-10-6-4-7-11-16)22(29-2)17-12-8-5-9-13-17/h4-15,21-22H,3H2,1-2H3,(H,25,28)(H3,24,26,27). The fourth-order valence-corrected chi connectivity index (χ4v) is 3.16. The average Bonchev–Trinajstić information content (AvgIpc) is 2.76. The van der Waals surface area contributed by atoms with Gasteiger partial charge in [0, 0.05) is 13.5 Å². The first kappa shape index (κ1) is 20.4. The van der Waals surface area contributed by atoms with Crippen molar-refractivity contribution in [3.63, 3.8) is 0 Å². The molecule has 3 rings (SSSR count). The van der Waals surface area contributed by atoms with Crippen molar-refractivity contribution in [2.75, 3.05) is 23.5 Å². The van der Waals surface area contributed by atoms with Crippen molar-refractivity contribution >= 4 is 23.2 Å². The van der Waals surface area contributed by atoms with Gasteiger partial charge in [-0.25, -0.2) is 4.98 Å². The van der Waals surface area contributed by atoms with Crippen LogP contribution in [-0.2, 0) is 9.53 Å². The largest absolute Gasteiger partial charge is 0.382 e. The van der Waals surface area contributed by atoms with Crippen LogP contribution in [0.25, 0.3) is 0 Å². The summed E-state index contributed by atoms with van der Waals surface area (Å²) in [6, 6.07) is 23.5. The lowest BCUT2D eigenvalue weighted by atomic mass is 9.95. The highest BCUT2D eigenvalue weighted by Crippen LogP contribution is 2.34. The Hall–Kier alpha value is -3.38. The highest BCUT2D eigenvalue weighted by atomic mass is 16.5. The second-order valence-corrected chi connectivity index (χ2v) is 6.63. The normalized spacial score (nSPS) is 12.8. The van der Waals surface area contributed by atoms with Crippen molar-refractivity contribution in [3.8, 4) is 0 Å². The van der Waals surface area contributed by atoms with Gasteiger partial charge in [-0.2, -0.15) is 0 Å². The summed E-state index contributed by atoms with van der Waals surface area (Å²) in [5, 5.41) is 6.20. The third-order valence-electron chi connectivity index (χ3n) is 4.67. The molecule has 1 aromatic heterocycles. The van der Waals surface area contributed by atoms with Gasteiger partial charge in [-0.3, -0.25) is 4.79 Å². The topological polar surface area (TPSA) is 89.3 Å². The molecule has 6 heteroatoms. The maximum Gasteiger partial charge on any atom is 0.224 e. The van der Waals surface area contributed by atoms with Crippen LogP contribution < -0.4 is 16.4 Å². The van der Waals surface area contributed by atoms with E-state index in [4.69, 9.17) is 10.5 Å². The summed E-state index contributed by atoms with van der Waals surface area (Å²) in [6.07, 6.45) is 0.142. The number of rotatable bonds is 8. The van der Waals surface area contributed by atoms with E-state index in [2.05, 4.69) is 15.6 Å². The van der Waals surface area contributed by atoms with E-state index in [1.165, 1.54) is 0 Å². The monoisotopic (exact) mass is 390 g/mol. The molecular weight excluding hydrogens is 364 g/mol. The highest BCUT2D eigenvalue weighted by molar-refractivity contribution is 5.93. The molecule has 29 heavy (non-hydrogen) atoms. The van der Waals surface area contributed by atoms with E-state index in [0.29, 0.717) is 17.9 Å². The molecule has 0 aliphatic carbocycles. The van der Waals surface area contributed by atoms with Gasteiger partial charge >= 0.3 is 0 Å². The Morgan fingerprint density at radius 2 is 1.62 bits per heavy atom. The van der Waals surface area contributed by atoms with Crippen LogP contribution in [0.1, 0.15) is 36.6 Å². The zero-order valence-corrected chi connectivity index (χ0v) is 16.6. The molecule has 2 aromatic carbocycles. The molecule has 0 spiro atoms. The Bertz CT molecular complexity index is 932. The third-order valence-corrected chi connectivity index (χ3v) is 4.67. The number of nitrogen functional groups attached to an aromatic ring is 1. The van der Waals surface area contributed by atoms with Gasteiger partial charge in [-0.15, -0.1) is 0 Å². The van der Waals surface area contributed by atoms with Crippen LogP contribution in [0.3, 0.4) is 0 Å². The van der Waals surface area contributed by atoms with Gasteiger partial charge in [0.15, 0.2) is 0 Å². The number of hydrogen-bond donors (Lipinski definition) is 3. The summed E-state index contributed by atoms with van der Waals surface area (Å²) in [7, 11) is 1.69. The van der Waals surface area contributed by atoms with Gasteiger partial charge in [-0.05, 0) is 23.3 Å². The van der Waals surface area contributed by atoms with Crippen LogP contribution in [0.5, 0.6) is 0 Å². The van der Waals surface area contributed by atoms with E-state index in [1.807, 2.05) is 60.7 Å². The number of nitrogens with two attached hydrogens (primary N) is 1. The van der Waals surface area contributed by atoms with Crippen molar-refractivity contribution in [1.29, 1.82) is 0 Å². The molecule has 150 valence electrons. The fourth-order valence-electron chi connectivity index (χ4n) is 3.16. The van der Waals surface area contributed by atoms with Crippen LogP contribution in [0.15, 0.2) is 72.8 Å². The first-order valence-corrected chi connectivity index (χ1v) is 9.58. The summed E-state index contributed by atoms with van der Waals surface area (Å²) in [6.45, 7) is 1.79. The van der Waals surface area contributed by atoms with Crippen molar-refractivity contribution in [1.82, 2.24) is 4.98 Å². The van der Waals surface area contributed by atoms with E-state index in [-0.39, 0.29) is 23.9 Å². The minimum Gasteiger partial charge on any atom is -0.382 e. The zero-order chi connectivity index (χ0) is 20.6.